The van der Waals surface area contributed by atoms with Crippen molar-refractivity contribution in [2.45, 2.75) is 64.1 Å². The van der Waals surface area contributed by atoms with Gasteiger partial charge in [0, 0.05) is 50.8 Å². The molecule has 0 radical (unpaired) electrons. The zero-order valence-corrected chi connectivity index (χ0v) is 29.1. The van der Waals surface area contributed by atoms with Crippen LogP contribution in [0.3, 0.4) is 0 Å². The highest BCUT2D eigenvalue weighted by Gasteiger charge is 2.43. The molecule has 11 heteroatoms. The molecule has 0 fully saturated rings. The summed E-state index contributed by atoms with van der Waals surface area (Å²) in [5.41, 5.74) is 0.0145. The third-order valence-corrected chi connectivity index (χ3v) is 9.96. The number of carbonyl (C=O) groups is 2. The Morgan fingerprint density at radius 2 is 1.56 bits per heavy atom. The number of benzene rings is 3. The van der Waals surface area contributed by atoms with Crippen molar-refractivity contribution < 1.29 is 27.5 Å². The molecule has 4 aromatic rings. The fraction of sp³-hybridized carbons (Fsp3) is 0.405. The molecule has 1 unspecified atom stereocenters. The lowest BCUT2D eigenvalue weighted by Gasteiger charge is -2.40. The van der Waals surface area contributed by atoms with Gasteiger partial charge in [0.1, 0.15) is 11.3 Å². The SMILES string of the molecule is CC(C)CN(C(O)(CCNC(=O)CC(C)(C)CNC(=O)CNCc1ccccc1)Cc1ccccc1)S(=O)(=O)c1ccc2occc2c1. The number of hydrogen-bond donors (Lipinski definition) is 4. The molecule has 0 aliphatic rings. The first-order chi connectivity index (χ1) is 22.8. The van der Waals surface area contributed by atoms with Crippen LogP contribution in [0, 0.1) is 11.3 Å². The summed E-state index contributed by atoms with van der Waals surface area (Å²) in [6.45, 7) is 8.71. The van der Waals surface area contributed by atoms with E-state index < -0.39 is 21.2 Å². The first kappa shape index (κ1) is 36.8. The van der Waals surface area contributed by atoms with Crippen LogP contribution in [0.1, 0.15) is 51.7 Å². The van der Waals surface area contributed by atoms with Gasteiger partial charge < -0.3 is 25.5 Å². The molecule has 4 N–H and O–H groups in total. The minimum absolute atomic E-state index is 0.0272. The van der Waals surface area contributed by atoms with Crippen LogP contribution in [0.5, 0.6) is 0 Å². The fourth-order valence-corrected chi connectivity index (χ4v) is 7.43. The standard InChI is InChI=1S/C37H48N4O6S/c1-28(2)26-41(48(45,46)32-15-16-33-31(21-32)17-20-47-33)37(44,22-29-11-7-5-8-12-29)18-19-39-34(42)23-36(3,4)27-40-35(43)25-38-24-30-13-9-6-10-14-30/h5-17,20-21,28,38,44H,18-19,22-27H2,1-4H3,(H,39,42)(H,40,43). The number of rotatable bonds is 18. The first-order valence-electron chi connectivity index (χ1n) is 16.3. The third-order valence-electron chi connectivity index (χ3n) is 8.05. The highest BCUT2D eigenvalue weighted by Crippen LogP contribution is 2.32. The van der Waals surface area contributed by atoms with Crippen LogP contribution >= 0.6 is 0 Å². The summed E-state index contributed by atoms with van der Waals surface area (Å²) >= 11 is 0. The number of nitrogens with zero attached hydrogens (tertiary/aromatic N) is 1. The lowest BCUT2D eigenvalue weighted by molar-refractivity contribution is -0.125. The second-order valence-corrected chi connectivity index (χ2v) is 15.4. The maximum Gasteiger partial charge on any atom is 0.245 e. The number of carbonyl (C=O) groups excluding carboxylic acids is 2. The normalized spacial score (nSPS) is 13.5. The van der Waals surface area contributed by atoms with E-state index in [9.17, 15) is 23.1 Å². The van der Waals surface area contributed by atoms with Crippen LogP contribution < -0.4 is 16.0 Å². The van der Waals surface area contributed by atoms with Crippen molar-refractivity contribution in [1.82, 2.24) is 20.3 Å². The zero-order valence-electron chi connectivity index (χ0n) is 28.2. The molecule has 2 amide bonds. The smallest absolute Gasteiger partial charge is 0.245 e. The van der Waals surface area contributed by atoms with Gasteiger partial charge >= 0.3 is 0 Å². The zero-order chi connectivity index (χ0) is 34.8. The first-order valence-corrected chi connectivity index (χ1v) is 17.8. The summed E-state index contributed by atoms with van der Waals surface area (Å²) in [4.78, 5) is 25.5. The molecule has 0 spiro atoms. The van der Waals surface area contributed by atoms with E-state index in [1.54, 1.807) is 18.2 Å². The molecule has 48 heavy (non-hydrogen) atoms. The molecule has 0 bridgehead atoms. The van der Waals surface area contributed by atoms with E-state index in [0.717, 1.165) is 11.1 Å². The van der Waals surface area contributed by atoms with Crippen molar-refractivity contribution in [2.24, 2.45) is 11.3 Å². The van der Waals surface area contributed by atoms with Crippen LogP contribution in [0.25, 0.3) is 11.0 Å². The maximum absolute atomic E-state index is 14.2. The highest BCUT2D eigenvalue weighted by molar-refractivity contribution is 7.89. The molecule has 10 nitrogen and oxygen atoms in total. The number of nitrogens with one attached hydrogen (secondary N) is 3. The van der Waals surface area contributed by atoms with Gasteiger partial charge in [-0.1, -0.05) is 88.4 Å². The van der Waals surface area contributed by atoms with Crippen molar-refractivity contribution in [3.8, 4) is 0 Å². The van der Waals surface area contributed by atoms with E-state index in [1.807, 2.05) is 88.4 Å². The lowest BCUT2D eigenvalue weighted by Crippen LogP contribution is -2.55. The van der Waals surface area contributed by atoms with E-state index in [4.69, 9.17) is 4.42 Å². The summed E-state index contributed by atoms with van der Waals surface area (Å²) in [5, 5.41) is 21.8. The Bertz CT molecular complexity index is 1740. The Hall–Kier alpha value is -4.03. The van der Waals surface area contributed by atoms with Crippen molar-refractivity contribution in [3.05, 3.63) is 102 Å². The van der Waals surface area contributed by atoms with Gasteiger partial charge in [-0.15, -0.1) is 0 Å². The number of furan rings is 1. The second kappa shape index (κ2) is 16.4. The number of amides is 2. The summed E-state index contributed by atoms with van der Waals surface area (Å²) in [7, 11) is -4.18. The average Bonchev–Trinajstić information content (AvgIpc) is 3.52. The molecule has 1 atom stereocenters. The van der Waals surface area contributed by atoms with Crippen molar-refractivity contribution >= 4 is 32.8 Å². The fourth-order valence-electron chi connectivity index (χ4n) is 5.56. The van der Waals surface area contributed by atoms with E-state index in [0.29, 0.717) is 24.1 Å². The largest absolute Gasteiger partial charge is 0.464 e. The van der Waals surface area contributed by atoms with Gasteiger partial charge in [-0.05, 0) is 46.7 Å². The Morgan fingerprint density at radius 1 is 0.896 bits per heavy atom. The number of fused-ring (bicyclic) bond motifs is 1. The topological polar surface area (TPSA) is 141 Å². The van der Waals surface area contributed by atoms with Crippen LogP contribution in [-0.2, 0) is 32.6 Å². The Labute approximate surface area is 284 Å². The highest BCUT2D eigenvalue weighted by atomic mass is 32.2. The van der Waals surface area contributed by atoms with E-state index in [-0.39, 0.29) is 61.5 Å². The van der Waals surface area contributed by atoms with Gasteiger partial charge in [0.15, 0.2) is 0 Å². The minimum atomic E-state index is -4.18. The van der Waals surface area contributed by atoms with Gasteiger partial charge in [0.05, 0.1) is 17.7 Å². The molecule has 0 aliphatic heterocycles. The summed E-state index contributed by atoms with van der Waals surface area (Å²) < 4.78 is 35.0. The molecule has 1 aromatic heterocycles. The average molecular weight is 677 g/mol. The van der Waals surface area contributed by atoms with Gasteiger partial charge in [0.25, 0.3) is 0 Å². The number of hydrogen-bond acceptors (Lipinski definition) is 7. The molecule has 258 valence electrons. The summed E-state index contributed by atoms with van der Waals surface area (Å²) in [6, 6.07) is 25.4. The second-order valence-electron chi connectivity index (χ2n) is 13.5. The van der Waals surface area contributed by atoms with Crippen molar-refractivity contribution in [1.29, 1.82) is 0 Å². The monoisotopic (exact) mass is 676 g/mol. The van der Waals surface area contributed by atoms with Crippen LogP contribution in [0.2, 0.25) is 0 Å². The molecular formula is C37H48N4O6S. The van der Waals surface area contributed by atoms with E-state index in [1.165, 1.54) is 16.6 Å². The van der Waals surface area contributed by atoms with Crippen molar-refractivity contribution in [3.63, 3.8) is 0 Å². The van der Waals surface area contributed by atoms with Gasteiger partial charge in [-0.3, -0.25) is 9.59 Å². The molecule has 0 saturated carbocycles. The van der Waals surface area contributed by atoms with Gasteiger partial charge in [-0.2, -0.15) is 4.31 Å². The Morgan fingerprint density at radius 3 is 2.23 bits per heavy atom. The van der Waals surface area contributed by atoms with Crippen molar-refractivity contribution in [2.75, 3.05) is 26.2 Å². The molecule has 0 saturated heterocycles. The van der Waals surface area contributed by atoms with E-state index in [2.05, 4.69) is 16.0 Å². The molecule has 1 heterocycles. The minimum Gasteiger partial charge on any atom is -0.464 e. The predicted molar refractivity (Wildman–Crippen MR) is 187 cm³/mol. The molecule has 3 aromatic carbocycles. The van der Waals surface area contributed by atoms with Crippen LogP contribution in [0.4, 0.5) is 0 Å². The molecular weight excluding hydrogens is 628 g/mol. The number of sulfonamides is 1. The predicted octanol–water partition coefficient (Wildman–Crippen LogP) is 4.84. The van der Waals surface area contributed by atoms with Gasteiger partial charge in [-0.25, -0.2) is 8.42 Å². The summed E-state index contributed by atoms with van der Waals surface area (Å²) in [5.74, 6) is -0.523. The quantitative estimate of drug-likeness (QED) is 0.111. The van der Waals surface area contributed by atoms with Crippen LogP contribution in [0.15, 0.2) is 101 Å². The van der Waals surface area contributed by atoms with Gasteiger partial charge in [0.2, 0.25) is 21.8 Å². The third kappa shape index (κ3) is 10.5. The molecule has 4 rings (SSSR count). The Kier molecular flexibility index (Phi) is 12.6. The van der Waals surface area contributed by atoms with E-state index >= 15 is 0 Å². The number of aliphatic hydroxyl groups is 1. The lowest BCUT2D eigenvalue weighted by atomic mass is 9.88. The summed E-state index contributed by atoms with van der Waals surface area (Å²) in [6.07, 6.45) is 1.61. The van der Waals surface area contributed by atoms with Crippen LogP contribution in [-0.4, -0.2) is 61.5 Å². The molecule has 0 aliphatic carbocycles. The Balaban J connectivity index is 1.41. The maximum atomic E-state index is 14.2.